The summed E-state index contributed by atoms with van der Waals surface area (Å²) in [6.45, 7) is 2.27. The summed E-state index contributed by atoms with van der Waals surface area (Å²) in [7, 11) is -2.21. The predicted molar refractivity (Wildman–Crippen MR) is 116 cm³/mol. The number of primary sulfonamides is 1. The first-order valence-electron chi connectivity index (χ1n) is 8.98. The summed E-state index contributed by atoms with van der Waals surface area (Å²) < 4.78 is 29.4. The summed E-state index contributed by atoms with van der Waals surface area (Å²) in [5, 5.41) is 8.67. The fourth-order valence-corrected chi connectivity index (χ4v) is 3.56. The molecule has 8 nitrogen and oxygen atoms in total. The number of nitrogens with one attached hydrogen (secondary N) is 1. The number of nitrogens with two attached hydrogens (primary N) is 1. The molecule has 10 heteroatoms. The first-order valence-corrected chi connectivity index (χ1v) is 10.9. The van der Waals surface area contributed by atoms with Crippen molar-refractivity contribution in [3.63, 3.8) is 0 Å². The third-order valence-electron chi connectivity index (χ3n) is 4.52. The standard InChI is InChI=1S/C20H21ClN4O4S/c1-13-11-17(18(29-2)12-16(13)21)25-10-9-24-19(20(25)26)23-8-7-14-3-5-15(6-4-14)30(22,27)28/h3-6,9-12H,7-8H2,1-2H3,(H,23,24)(H2,22,27,28). The summed E-state index contributed by atoms with van der Waals surface area (Å²) in [6.07, 6.45) is 3.64. The zero-order valence-corrected chi connectivity index (χ0v) is 18.0. The Kier molecular flexibility index (Phi) is 6.45. The van der Waals surface area contributed by atoms with Crippen molar-refractivity contribution in [3.8, 4) is 11.4 Å². The minimum absolute atomic E-state index is 0.0547. The molecule has 0 radical (unpaired) electrons. The molecule has 2 aromatic carbocycles. The third kappa shape index (κ3) is 4.81. The van der Waals surface area contributed by atoms with Gasteiger partial charge in [-0.2, -0.15) is 0 Å². The van der Waals surface area contributed by atoms with Crippen LogP contribution < -0.4 is 20.8 Å². The highest BCUT2D eigenvalue weighted by atomic mass is 35.5. The number of hydrogen-bond acceptors (Lipinski definition) is 6. The smallest absolute Gasteiger partial charge is 0.297 e. The number of methoxy groups -OCH3 is 1. The lowest BCUT2D eigenvalue weighted by atomic mass is 10.1. The van der Waals surface area contributed by atoms with E-state index < -0.39 is 10.0 Å². The van der Waals surface area contributed by atoms with Crippen molar-refractivity contribution in [1.29, 1.82) is 0 Å². The third-order valence-corrected chi connectivity index (χ3v) is 5.85. The van der Waals surface area contributed by atoms with Gasteiger partial charge in [-0.3, -0.25) is 9.36 Å². The van der Waals surface area contributed by atoms with Crippen molar-refractivity contribution in [2.45, 2.75) is 18.2 Å². The molecule has 3 N–H and O–H groups in total. The number of sulfonamides is 1. The van der Waals surface area contributed by atoms with Crippen LogP contribution in [0, 0.1) is 6.92 Å². The zero-order valence-electron chi connectivity index (χ0n) is 16.4. The quantitative estimate of drug-likeness (QED) is 0.573. The van der Waals surface area contributed by atoms with Gasteiger partial charge in [-0.1, -0.05) is 23.7 Å². The Morgan fingerprint density at radius 2 is 1.93 bits per heavy atom. The van der Waals surface area contributed by atoms with Crippen molar-refractivity contribution < 1.29 is 13.2 Å². The fourth-order valence-electron chi connectivity index (χ4n) is 2.89. The van der Waals surface area contributed by atoms with Gasteiger partial charge in [0.25, 0.3) is 5.56 Å². The molecule has 3 aromatic rings. The van der Waals surface area contributed by atoms with E-state index in [1.54, 1.807) is 30.5 Å². The number of anilines is 1. The molecule has 1 heterocycles. The van der Waals surface area contributed by atoms with Gasteiger partial charge in [-0.05, 0) is 42.7 Å². The maximum atomic E-state index is 12.9. The molecule has 0 aliphatic carbocycles. The van der Waals surface area contributed by atoms with E-state index in [0.29, 0.717) is 29.4 Å². The van der Waals surface area contributed by atoms with Crippen LogP contribution in [0.5, 0.6) is 5.75 Å². The van der Waals surface area contributed by atoms with E-state index >= 15 is 0 Å². The summed E-state index contributed by atoms with van der Waals surface area (Å²) in [5.74, 6) is 0.660. The first kappa shape index (κ1) is 21.8. The number of rotatable bonds is 7. The highest BCUT2D eigenvalue weighted by Gasteiger charge is 2.13. The van der Waals surface area contributed by atoms with Crippen LogP contribution in [0.3, 0.4) is 0 Å². The van der Waals surface area contributed by atoms with Gasteiger partial charge in [0.05, 0.1) is 17.7 Å². The van der Waals surface area contributed by atoms with Crippen LogP contribution >= 0.6 is 11.6 Å². The Balaban J connectivity index is 1.78. The van der Waals surface area contributed by atoms with Crippen molar-refractivity contribution >= 4 is 27.4 Å². The van der Waals surface area contributed by atoms with Crippen molar-refractivity contribution in [3.05, 3.63) is 75.3 Å². The lowest BCUT2D eigenvalue weighted by molar-refractivity contribution is 0.412. The first-order chi connectivity index (χ1) is 14.2. The number of nitrogens with zero attached hydrogens (tertiary/aromatic N) is 2. The van der Waals surface area contributed by atoms with Crippen LogP contribution in [0.1, 0.15) is 11.1 Å². The van der Waals surface area contributed by atoms with Crippen LogP contribution in [0.25, 0.3) is 5.69 Å². The predicted octanol–water partition coefficient (Wildman–Crippen LogP) is 2.50. The second-order valence-corrected chi connectivity index (χ2v) is 8.56. The molecule has 0 saturated carbocycles. The lowest BCUT2D eigenvalue weighted by Gasteiger charge is -2.14. The van der Waals surface area contributed by atoms with Crippen molar-refractivity contribution in [2.75, 3.05) is 19.0 Å². The largest absolute Gasteiger partial charge is 0.495 e. The second kappa shape index (κ2) is 8.86. The van der Waals surface area contributed by atoms with Gasteiger partial charge in [0.1, 0.15) is 5.75 Å². The molecule has 158 valence electrons. The number of halogens is 1. The van der Waals surface area contributed by atoms with Crippen LogP contribution in [-0.4, -0.2) is 31.6 Å². The maximum absolute atomic E-state index is 12.9. The van der Waals surface area contributed by atoms with Crippen LogP contribution in [-0.2, 0) is 16.4 Å². The topological polar surface area (TPSA) is 116 Å². The van der Waals surface area contributed by atoms with Crippen LogP contribution in [0.2, 0.25) is 5.02 Å². The molecule has 3 rings (SSSR count). The Morgan fingerprint density at radius 3 is 2.57 bits per heavy atom. The van der Waals surface area contributed by atoms with E-state index in [2.05, 4.69) is 10.3 Å². The van der Waals surface area contributed by atoms with Crippen LogP contribution in [0.4, 0.5) is 5.82 Å². The van der Waals surface area contributed by atoms with Gasteiger partial charge in [0, 0.05) is 30.0 Å². The maximum Gasteiger partial charge on any atom is 0.297 e. The van der Waals surface area contributed by atoms with E-state index in [-0.39, 0.29) is 16.3 Å². The van der Waals surface area contributed by atoms with E-state index in [0.717, 1.165) is 11.1 Å². The van der Waals surface area contributed by atoms with Gasteiger partial charge < -0.3 is 10.1 Å². The highest BCUT2D eigenvalue weighted by molar-refractivity contribution is 7.89. The number of aromatic nitrogens is 2. The molecule has 0 saturated heterocycles. The number of aryl methyl sites for hydroxylation is 1. The Hall–Kier alpha value is -2.88. The number of ether oxygens (including phenoxy) is 1. The lowest BCUT2D eigenvalue weighted by Crippen LogP contribution is -2.24. The molecule has 0 aliphatic heterocycles. The van der Waals surface area contributed by atoms with Gasteiger partial charge in [-0.15, -0.1) is 0 Å². The monoisotopic (exact) mass is 448 g/mol. The molecule has 0 amide bonds. The van der Waals surface area contributed by atoms with E-state index in [1.807, 2.05) is 6.92 Å². The molecule has 0 aliphatic rings. The Bertz CT molecular complexity index is 1220. The molecule has 0 fully saturated rings. The molecule has 0 spiro atoms. The SMILES string of the molecule is COc1cc(Cl)c(C)cc1-n1ccnc(NCCc2ccc(S(N)(=O)=O)cc2)c1=O. The average molecular weight is 449 g/mol. The molecule has 0 unspecified atom stereocenters. The normalized spacial score (nSPS) is 11.3. The molecular weight excluding hydrogens is 428 g/mol. The Labute approximate surface area is 179 Å². The summed E-state index contributed by atoms with van der Waals surface area (Å²) in [5.41, 5.74) is 1.94. The minimum atomic E-state index is -3.72. The molecule has 0 bridgehead atoms. The summed E-state index contributed by atoms with van der Waals surface area (Å²) in [4.78, 5) is 17.1. The molecule has 1 aromatic heterocycles. The van der Waals surface area contributed by atoms with Crippen LogP contribution in [0.15, 0.2) is 58.5 Å². The van der Waals surface area contributed by atoms with Gasteiger partial charge in [0.15, 0.2) is 5.82 Å². The fraction of sp³-hybridized carbons (Fsp3) is 0.200. The van der Waals surface area contributed by atoms with Crippen molar-refractivity contribution in [1.82, 2.24) is 9.55 Å². The van der Waals surface area contributed by atoms with E-state index in [4.69, 9.17) is 21.5 Å². The summed E-state index contributed by atoms with van der Waals surface area (Å²) in [6, 6.07) is 9.71. The molecule has 30 heavy (non-hydrogen) atoms. The Morgan fingerprint density at radius 1 is 1.23 bits per heavy atom. The van der Waals surface area contributed by atoms with E-state index in [9.17, 15) is 13.2 Å². The number of hydrogen-bond donors (Lipinski definition) is 2. The van der Waals surface area contributed by atoms with Gasteiger partial charge in [-0.25, -0.2) is 18.5 Å². The molecule has 0 atom stereocenters. The molecular formula is C20H21ClN4O4S. The summed E-state index contributed by atoms with van der Waals surface area (Å²) >= 11 is 6.15. The highest BCUT2D eigenvalue weighted by Crippen LogP contribution is 2.29. The van der Waals surface area contributed by atoms with Gasteiger partial charge >= 0.3 is 0 Å². The minimum Gasteiger partial charge on any atom is -0.495 e. The average Bonchev–Trinajstić information content (AvgIpc) is 2.71. The van der Waals surface area contributed by atoms with Crippen molar-refractivity contribution in [2.24, 2.45) is 5.14 Å². The zero-order chi connectivity index (χ0) is 21.9. The van der Waals surface area contributed by atoms with E-state index in [1.165, 1.54) is 30.0 Å². The number of benzene rings is 2. The second-order valence-electron chi connectivity index (χ2n) is 6.59. The van der Waals surface area contributed by atoms with Gasteiger partial charge in [0.2, 0.25) is 10.0 Å².